The number of Topliss-reactive ketones (excluding diaryl/α,β-unsaturated/α-hetero) is 1. The molecule has 0 amide bonds. The van der Waals surface area contributed by atoms with Crippen LogP contribution in [0.2, 0.25) is 0 Å². The van der Waals surface area contributed by atoms with E-state index in [0.29, 0.717) is 24.4 Å². The second-order valence-electron chi connectivity index (χ2n) is 4.13. The van der Waals surface area contributed by atoms with Gasteiger partial charge in [0.25, 0.3) is 0 Å². The van der Waals surface area contributed by atoms with Gasteiger partial charge in [-0.3, -0.25) is 4.79 Å². The van der Waals surface area contributed by atoms with Crippen molar-refractivity contribution < 1.29 is 14.6 Å². The first kappa shape index (κ1) is 12.4. The summed E-state index contributed by atoms with van der Waals surface area (Å²) in [6.45, 7) is 2.43. The molecule has 0 aromatic heterocycles. The van der Waals surface area contributed by atoms with Gasteiger partial charge >= 0.3 is 0 Å². The van der Waals surface area contributed by atoms with Crippen LogP contribution in [0.3, 0.4) is 0 Å². The van der Waals surface area contributed by atoms with Crippen molar-refractivity contribution in [2.75, 3.05) is 6.61 Å². The largest absolute Gasteiger partial charge is 0.511 e. The van der Waals surface area contributed by atoms with Crippen LogP contribution >= 0.6 is 0 Å². The van der Waals surface area contributed by atoms with E-state index in [4.69, 9.17) is 4.74 Å². The number of benzene rings is 1. The summed E-state index contributed by atoms with van der Waals surface area (Å²) >= 11 is 0. The maximum Gasteiger partial charge on any atom is 0.173 e. The Bertz CT molecular complexity index is 486. The number of rotatable bonds is 4. The third-order valence-corrected chi connectivity index (χ3v) is 2.89. The Morgan fingerprint density at radius 2 is 2.11 bits per heavy atom. The molecule has 18 heavy (non-hydrogen) atoms. The summed E-state index contributed by atoms with van der Waals surface area (Å²) in [4.78, 5) is 12.2. The number of hydrogen-bond donors (Lipinski definition) is 1. The molecule has 0 saturated carbocycles. The zero-order valence-electron chi connectivity index (χ0n) is 10.3. The molecule has 3 heteroatoms. The molecular weight excluding hydrogens is 228 g/mol. The van der Waals surface area contributed by atoms with E-state index in [1.54, 1.807) is 12.1 Å². The number of ketones is 1. The van der Waals surface area contributed by atoms with E-state index in [0.717, 1.165) is 0 Å². The molecule has 0 fully saturated rings. The molecule has 0 saturated heterocycles. The van der Waals surface area contributed by atoms with Crippen molar-refractivity contribution in [2.24, 2.45) is 5.92 Å². The molecule has 1 aliphatic rings. The molecule has 0 spiro atoms. The van der Waals surface area contributed by atoms with Gasteiger partial charge < -0.3 is 9.84 Å². The summed E-state index contributed by atoms with van der Waals surface area (Å²) in [6, 6.07) is 9.02. The van der Waals surface area contributed by atoms with E-state index < -0.39 is 5.92 Å². The molecule has 1 atom stereocenters. The Kier molecular flexibility index (Phi) is 3.82. The molecule has 0 radical (unpaired) electrons. The predicted octanol–water partition coefficient (Wildman–Crippen LogP) is 3.25. The van der Waals surface area contributed by atoms with E-state index >= 15 is 0 Å². The summed E-state index contributed by atoms with van der Waals surface area (Å²) < 4.78 is 5.30. The van der Waals surface area contributed by atoms with Crippen molar-refractivity contribution in [3.8, 4) is 0 Å². The highest BCUT2D eigenvalue weighted by Crippen LogP contribution is 2.26. The van der Waals surface area contributed by atoms with E-state index in [1.807, 2.05) is 31.2 Å². The van der Waals surface area contributed by atoms with Gasteiger partial charge in [-0.25, -0.2) is 0 Å². The number of aliphatic hydroxyl groups is 1. The van der Waals surface area contributed by atoms with Crippen LogP contribution in [-0.2, 0) is 4.74 Å². The quantitative estimate of drug-likeness (QED) is 0.827. The smallest absolute Gasteiger partial charge is 0.173 e. The number of hydrogen-bond acceptors (Lipinski definition) is 3. The fourth-order valence-corrected chi connectivity index (χ4v) is 1.97. The second kappa shape index (κ2) is 5.54. The van der Waals surface area contributed by atoms with Gasteiger partial charge in [0.15, 0.2) is 5.78 Å². The van der Waals surface area contributed by atoms with Gasteiger partial charge in [0.2, 0.25) is 0 Å². The fraction of sp³-hybridized carbons (Fsp3) is 0.267. The lowest BCUT2D eigenvalue weighted by molar-refractivity contribution is 0.0909. The third-order valence-electron chi connectivity index (χ3n) is 2.89. The molecule has 1 aromatic rings. The summed E-state index contributed by atoms with van der Waals surface area (Å²) in [5.41, 5.74) is 0.621. The maximum atomic E-state index is 12.2. The Hall–Kier alpha value is -2.03. The van der Waals surface area contributed by atoms with Crippen molar-refractivity contribution in [1.29, 1.82) is 0 Å². The minimum atomic E-state index is -0.489. The zero-order chi connectivity index (χ0) is 13.0. The molecule has 0 bridgehead atoms. The van der Waals surface area contributed by atoms with E-state index in [-0.39, 0.29) is 11.5 Å². The summed E-state index contributed by atoms with van der Waals surface area (Å²) in [6.07, 6.45) is 3.85. The summed E-state index contributed by atoms with van der Waals surface area (Å²) in [7, 11) is 0. The first-order valence-electron chi connectivity index (χ1n) is 6.05. The van der Waals surface area contributed by atoms with Gasteiger partial charge in [0.1, 0.15) is 11.5 Å². The molecule has 1 aliphatic carbocycles. The highest BCUT2D eigenvalue weighted by Gasteiger charge is 2.26. The minimum Gasteiger partial charge on any atom is -0.511 e. The lowest BCUT2D eigenvalue weighted by atomic mass is 9.89. The maximum absolute atomic E-state index is 12.2. The van der Waals surface area contributed by atoms with Gasteiger partial charge in [-0.15, -0.1) is 0 Å². The van der Waals surface area contributed by atoms with E-state index in [1.165, 1.54) is 6.08 Å². The molecule has 94 valence electrons. The molecular formula is C15H16O3. The number of carbonyl (C=O) groups excluding carboxylic acids is 1. The van der Waals surface area contributed by atoms with Crippen LogP contribution in [0.25, 0.3) is 0 Å². The van der Waals surface area contributed by atoms with Crippen LogP contribution in [0.4, 0.5) is 0 Å². The number of ether oxygens (including phenoxy) is 1. The monoisotopic (exact) mass is 244 g/mol. The third kappa shape index (κ3) is 2.62. The van der Waals surface area contributed by atoms with Crippen LogP contribution in [0, 0.1) is 5.92 Å². The molecule has 0 aliphatic heterocycles. The number of aliphatic hydroxyl groups excluding tert-OH is 1. The molecule has 1 N–H and O–H groups in total. The van der Waals surface area contributed by atoms with E-state index in [2.05, 4.69) is 0 Å². The first-order valence-corrected chi connectivity index (χ1v) is 6.05. The average molecular weight is 244 g/mol. The Balaban J connectivity index is 2.13. The Morgan fingerprint density at radius 1 is 1.39 bits per heavy atom. The topological polar surface area (TPSA) is 46.5 Å². The predicted molar refractivity (Wildman–Crippen MR) is 69.3 cm³/mol. The minimum absolute atomic E-state index is 0.0591. The second-order valence-corrected chi connectivity index (χ2v) is 4.13. The van der Waals surface area contributed by atoms with Crippen molar-refractivity contribution >= 4 is 5.78 Å². The normalized spacial score (nSPS) is 18.8. The molecule has 1 unspecified atom stereocenters. The van der Waals surface area contributed by atoms with Crippen LogP contribution in [0.15, 0.2) is 54.0 Å². The molecule has 0 heterocycles. The first-order chi connectivity index (χ1) is 8.72. The molecule has 2 rings (SSSR count). The van der Waals surface area contributed by atoms with Crippen molar-refractivity contribution in [3.05, 3.63) is 59.6 Å². The van der Waals surface area contributed by atoms with Gasteiger partial charge in [-0.2, -0.15) is 0 Å². The van der Waals surface area contributed by atoms with Gasteiger partial charge in [0, 0.05) is 11.6 Å². The van der Waals surface area contributed by atoms with Gasteiger partial charge in [0.05, 0.1) is 12.5 Å². The number of carbonyl (C=O) groups is 1. The standard InChI is InChI=1S/C15H16O3/c1-2-18-12-8-9-13(14(16)10-12)15(17)11-6-4-3-5-7-11/h3-8,10,13,16H,2,9H2,1H3. The summed E-state index contributed by atoms with van der Waals surface area (Å²) in [5, 5.41) is 9.92. The lowest BCUT2D eigenvalue weighted by Crippen LogP contribution is -2.19. The van der Waals surface area contributed by atoms with Gasteiger partial charge in [-0.1, -0.05) is 30.3 Å². The van der Waals surface area contributed by atoms with Crippen LogP contribution in [0.1, 0.15) is 23.7 Å². The van der Waals surface area contributed by atoms with Crippen molar-refractivity contribution in [1.82, 2.24) is 0 Å². The summed E-state index contributed by atoms with van der Waals surface area (Å²) in [5.74, 6) is 0.162. The van der Waals surface area contributed by atoms with Crippen molar-refractivity contribution in [2.45, 2.75) is 13.3 Å². The Labute approximate surface area is 106 Å². The SMILES string of the molecule is CCOC1=CCC(C(=O)c2ccccc2)C(O)=C1. The van der Waals surface area contributed by atoms with Gasteiger partial charge in [-0.05, 0) is 19.4 Å². The highest BCUT2D eigenvalue weighted by atomic mass is 16.5. The van der Waals surface area contributed by atoms with Crippen LogP contribution in [0.5, 0.6) is 0 Å². The number of allylic oxidation sites excluding steroid dienone is 3. The molecule has 1 aromatic carbocycles. The fourth-order valence-electron chi connectivity index (χ4n) is 1.97. The Morgan fingerprint density at radius 3 is 2.72 bits per heavy atom. The van der Waals surface area contributed by atoms with Crippen LogP contribution < -0.4 is 0 Å². The average Bonchev–Trinajstić information content (AvgIpc) is 2.40. The highest BCUT2D eigenvalue weighted by molar-refractivity contribution is 5.99. The van der Waals surface area contributed by atoms with Crippen LogP contribution in [-0.4, -0.2) is 17.5 Å². The van der Waals surface area contributed by atoms with Crippen molar-refractivity contribution in [3.63, 3.8) is 0 Å². The molecule has 3 nitrogen and oxygen atoms in total. The zero-order valence-corrected chi connectivity index (χ0v) is 10.3. The lowest BCUT2D eigenvalue weighted by Gasteiger charge is -2.18. The van der Waals surface area contributed by atoms with E-state index in [9.17, 15) is 9.90 Å².